The number of aliphatic hydroxyl groups is 2. The number of para-hydroxylation sites is 1. The van der Waals surface area contributed by atoms with Crippen molar-refractivity contribution in [3.8, 4) is 5.75 Å². The first-order valence-electron chi connectivity index (χ1n) is 5.14. The van der Waals surface area contributed by atoms with Gasteiger partial charge in [0.15, 0.2) is 0 Å². The quantitative estimate of drug-likeness (QED) is 0.797. The van der Waals surface area contributed by atoms with Crippen LogP contribution in [0.1, 0.15) is 32.4 Å². The number of hydrogen-bond donors (Lipinski definition) is 2. The minimum absolute atomic E-state index is 0.287. The molecule has 2 N–H and O–H groups in total. The highest BCUT2D eigenvalue weighted by Gasteiger charge is 2.14. The molecule has 0 aliphatic rings. The van der Waals surface area contributed by atoms with Gasteiger partial charge in [0, 0.05) is 5.56 Å². The third kappa shape index (κ3) is 3.22. The molecule has 3 heteroatoms. The van der Waals surface area contributed by atoms with E-state index in [9.17, 15) is 10.2 Å². The highest BCUT2D eigenvalue weighted by molar-refractivity contribution is 5.34. The minimum atomic E-state index is -0.567. The number of benzene rings is 1. The van der Waals surface area contributed by atoms with Crippen molar-refractivity contribution in [1.29, 1.82) is 0 Å². The smallest absolute Gasteiger partial charge is 0.125 e. The molecule has 15 heavy (non-hydrogen) atoms. The van der Waals surface area contributed by atoms with Crippen LogP contribution in [-0.2, 0) is 0 Å². The van der Waals surface area contributed by atoms with Gasteiger partial charge in [0.05, 0.1) is 12.2 Å². The second-order valence-electron chi connectivity index (χ2n) is 3.78. The first-order chi connectivity index (χ1) is 7.02. The molecule has 0 fully saturated rings. The topological polar surface area (TPSA) is 49.7 Å². The molecule has 1 aromatic carbocycles. The van der Waals surface area contributed by atoms with Crippen molar-refractivity contribution in [2.24, 2.45) is 0 Å². The Morgan fingerprint density at radius 2 is 1.67 bits per heavy atom. The number of rotatable bonds is 4. The van der Waals surface area contributed by atoms with Crippen LogP contribution in [0.4, 0.5) is 0 Å². The SMILES string of the molecule is CC(O)C(C)Oc1ccccc1[C@@H](C)O. The van der Waals surface area contributed by atoms with Gasteiger partial charge in [0.2, 0.25) is 0 Å². The molecular formula is C12H18O3. The summed E-state index contributed by atoms with van der Waals surface area (Å²) in [5.41, 5.74) is 0.741. The summed E-state index contributed by atoms with van der Waals surface area (Å²) in [4.78, 5) is 0. The zero-order chi connectivity index (χ0) is 11.4. The lowest BCUT2D eigenvalue weighted by atomic mass is 10.1. The largest absolute Gasteiger partial charge is 0.488 e. The van der Waals surface area contributed by atoms with E-state index >= 15 is 0 Å². The van der Waals surface area contributed by atoms with Crippen LogP contribution in [0.2, 0.25) is 0 Å². The summed E-state index contributed by atoms with van der Waals surface area (Å²) in [5.74, 6) is 0.626. The van der Waals surface area contributed by atoms with Crippen LogP contribution in [0.3, 0.4) is 0 Å². The lowest BCUT2D eigenvalue weighted by Crippen LogP contribution is -2.26. The summed E-state index contributed by atoms with van der Waals surface area (Å²) < 4.78 is 5.56. The second kappa shape index (κ2) is 5.14. The van der Waals surface area contributed by atoms with Crippen molar-refractivity contribution >= 4 is 0 Å². The molecule has 2 unspecified atom stereocenters. The summed E-state index contributed by atoms with van der Waals surface area (Å²) in [6, 6.07) is 7.30. The average molecular weight is 210 g/mol. The zero-order valence-corrected chi connectivity index (χ0v) is 9.34. The van der Waals surface area contributed by atoms with E-state index in [2.05, 4.69) is 0 Å². The van der Waals surface area contributed by atoms with Gasteiger partial charge in [-0.25, -0.2) is 0 Å². The van der Waals surface area contributed by atoms with Crippen LogP contribution >= 0.6 is 0 Å². The fourth-order valence-electron chi connectivity index (χ4n) is 1.23. The van der Waals surface area contributed by atoms with E-state index in [0.29, 0.717) is 5.75 Å². The minimum Gasteiger partial charge on any atom is -0.488 e. The van der Waals surface area contributed by atoms with Gasteiger partial charge in [-0.3, -0.25) is 0 Å². The van der Waals surface area contributed by atoms with Crippen LogP contribution in [0.5, 0.6) is 5.75 Å². The molecule has 0 amide bonds. The van der Waals surface area contributed by atoms with Crippen LogP contribution in [-0.4, -0.2) is 22.4 Å². The summed E-state index contributed by atoms with van der Waals surface area (Å²) in [6.07, 6.45) is -1.39. The summed E-state index contributed by atoms with van der Waals surface area (Å²) in [5, 5.41) is 18.8. The Balaban J connectivity index is 2.84. The normalized spacial score (nSPS) is 16.9. The molecule has 0 aliphatic carbocycles. The van der Waals surface area contributed by atoms with Gasteiger partial charge in [-0.15, -0.1) is 0 Å². The number of aliphatic hydroxyl groups excluding tert-OH is 2. The van der Waals surface area contributed by atoms with E-state index in [-0.39, 0.29) is 6.10 Å². The van der Waals surface area contributed by atoms with Gasteiger partial charge in [0.25, 0.3) is 0 Å². The Bertz CT molecular complexity index is 307. The van der Waals surface area contributed by atoms with E-state index in [0.717, 1.165) is 5.56 Å². The molecule has 0 aliphatic heterocycles. The molecule has 1 aromatic rings. The molecule has 0 heterocycles. The summed E-state index contributed by atoms with van der Waals surface area (Å²) in [6.45, 7) is 5.16. The highest BCUT2D eigenvalue weighted by atomic mass is 16.5. The maximum Gasteiger partial charge on any atom is 0.125 e. The Hall–Kier alpha value is -1.06. The van der Waals surface area contributed by atoms with E-state index in [1.807, 2.05) is 18.2 Å². The second-order valence-corrected chi connectivity index (χ2v) is 3.78. The van der Waals surface area contributed by atoms with Crippen molar-refractivity contribution in [2.45, 2.75) is 39.1 Å². The maximum atomic E-state index is 9.51. The molecule has 84 valence electrons. The molecule has 0 spiro atoms. The zero-order valence-electron chi connectivity index (χ0n) is 9.34. The van der Waals surface area contributed by atoms with Crippen molar-refractivity contribution in [3.63, 3.8) is 0 Å². The lowest BCUT2D eigenvalue weighted by molar-refractivity contribution is 0.0577. The van der Waals surface area contributed by atoms with Crippen molar-refractivity contribution in [2.75, 3.05) is 0 Å². The highest BCUT2D eigenvalue weighted by Crippen LogP contribution is 2.25. The fraction of sp³-hybridized carbons (Fsp3) is 0.500. The fourth-order valence-corrected chi connectivity index (χ4v) is 1.23. The Morgan fingerprint density at radius 3 is 2.20 bits per heavy atom. The van der Waals surface area contributed by atoms with Crippen LogP contribution < -0.4 is 4.74 Å². The van der Waals surface area contributed by atoms with Gasteiger partial charge >= 0.3 is 0 Å². The van der Waals surface area contributed by atoms with Crippen LogP contribution in [0.25, 0.3) is 0 Å². The maximum absolute atomic E-state index is 9.51. The van der Waals surface area contributed by atoms with Gasteiger partial charge in [0.1, 0.15) is 11.9 Å². The van der Waals surface area contributed by atoms with Gasteiger partial charge < -0.3 is 14.9 Å². The lowest BCUT2D eigenvalue weighted by Gasteiger charge is -2.20. The predicted molar refractivity (Wildman–Crippen MR) is 58.8 cm³/mol. The Labute approximate surface area is 90.3 Å². The first kappa shape index (κ1) is 12.0. The molecule has 3 nitrogen and oxygen atoms in total. The summed E-state index contributed by atoms with van der Waals surface area (Å²) >= 11 is 0. The monoisotopic (exact) mass is 210 g/mol. The molecule has 0 aromatic heterocycles. The molecule has 0 bridgehead atoms. The molecule has 0 radical (unpaired) electrons. The molecule has 0 saturated carbocycles. The van der Waals surface area contributed by atoms with Crippen molar-refractivity contribution in [1.82, 2.24) is 0 Å². The molecule has 1 rings (SSSR count). The van der Waals surface area contributed by atoms with E-state index in [1.165, 1.54) is 0 Å². The standard InChI is InChI=1S/C12H18O3/c1-8(13)10(3)15-12-7-5-4-6-11(12)9(2)14/h4-10,13-14H,1-3H3/t8?,9-,10?/m1/s1. The Kier molecular flexibility index (Phi) is 4.12. The third-order valence-electron chi connectivity index (χ3n) is 2.36. The number of ether oxygens (including phenoxy) is 1. The Morgan fingerprint density at radius 1 is 1.07 bits per heavy atom. The van der Waals surface area contributed by atoms with Gasteiger partial charge in [-0.05, 0) is 26.8 Å². The van der Waals surface area contributed by atoms with Gasteiger partial charge in [-0.2, -0.15) is 0 Å². The predicted octanol–water partition coefficient (Wildman–Crippen LogP) is 1.89. The number of hydrogen-bond acceptors (Lipinski definition) is 3. The van der Waals surface area contributed by atoms with E-state index in [1.54, 1.807) is 26.8 Å². The summed E-state index contributed by atoms with van der Waals surface area (Å²) in [7, 11) is 0. The average Bonchev–Trinajstić information content (AvgIpc) is 2.18. The van der Waals surface area contributed by atoms with Crippen molar-refractivity contribution in [3.05, 3.63) is 29.8 Å². The molecule has 0 saturated heterocycles. The first-order valence-corrected chi connectivity index (χ1v) is 5.14. The molecular weight excluding hydrogens is 192 g/mol. The van der Waals surface area contributed by atoms with Crippen molar-refractivity contribution < 1.29 is 14.9 Å². The third-order valence-corrected chi connectivity index (χ3v) is 2.36. The van der Waals surface area contributed by atoms with Gasteiger partial charge in [-0.1, -0.05) is 18.2 Å². The van der Waals surface area contributed by atoms with E-state index < -0.39 is 12.2 Å². The van der Waals surface area contributed by atoms with Crippen LogP contribution in [0.15, 0.2) is 24.3 Å². The van der Waals surface area contributed by atoms with E-state index in [4.69, 9.17) is 4.74 Å². The van der Waals surface area contributed by atoms with Crippen LogP contribution in [0, 0.1) is 0 Å². The molecule has 3 atom stereocenters.